The molecule has 8 heteroatoms. The van der Waals surface area contributed by atoms with Crippen LogP contribution in [-0.2, 0) is 10.0 Å². The van der Waals surface area contributed by atoms with Crippen molar-refractivity contribution in [3.63, 3.8) is 0 Å². The van der Waals surface area contributed by atoms with Crippen molar-refractivity contribution >= 4 is 15.9 Å². The van der Waals surface area contributed by atoms with Crippen LogP contribution in [0.1, 0.15) is 48.7 Å². The molecule has 2 aromatic rings. The number of rotatable bonds is 10. The van der Waals surface area contributed by atoms with Gasteiger partial charge in [-0.15, -0.1) is 0 Å². The van der Waals surface area contributed by atoms with Crippen molar-refractivity contribution in [1.29, 1.82) is 0 Å². The Morgan fingerprint density at radius 2 is 1.69 bits per heavy atom. The van der Waals surface area contributed by atoms with Crippen LogP contribution in [0.2, 0.25) is 0 Å². The number of hydrogen-bond donors (Lipinski definition) is 1. The van der Waals surface area contributed by atoms with E-state index < -0.39 is 10.0 Å². The molecule has 1 atom stereocenters. The molecule has 1 aliphatic rings. The minimum absolute atomic E-state index is 0.0998. The Labute approximate surface area is 191 Å². The van der Waals surface area contributed by atoms with Gasteiger partial charge in [-0.1, -0.05) is 18.2 Å². The number of ether oxygens (including phenoxy) is 1. The second kappa shape index (κ2) is 10.9. The number of carbonyl (C=O) groups excluding carboxylic acids is 1. The number of hydrogen-bond acceptors (Lipinski definition) is 5. The fourth-order valence-electron chi connectivity index (χ4n) is 4.17. The zero-order chi connectivity index (χ0) is 23.1. The summed E-state index contributed by atoms with van der Waals surface area (Å²) in [5, 5.41) is 0. The third-order valence-corrected chi connectivity index (χ3v) is 7.45. The maximum Gasteiger partial charge on any atom is 0.253 e. The van der Waals surface area contributed by atoms with Crippen LogP contribution in [0.5, 0.6) is 5.75 Å². The van der Waals surface area contributed by atoms with Crippen molar-refractivity contribution in [1.82, 2.24) is 14.5 Å². The summed E-state index contributed by atoms with van der Waals surface area (Å²) in [5.74, 6) is 0.653. The predicted molar refractivity (Wildman–Crippen MR) is 125 cm³/mol. The number of benzene rings is 2. The van der Waals surface area contributed by atoms with Gasteiger partial charge in [0.05, 0.1) is 18.0 Å². The zero-order valence-corrected chi connectivity index (χ0v) is 19.9. The van der Waals surface area contributed by atoms with Gasteiger partial charge in [0.15, 0.2) is 0 Å². The van der Waals surface area contributed by atoms with Gasteiger partial charge in [-0.05, 0) is 70.1 Å². The molecule has 7 nitrogen and oxygen atoms in total. The SMILES string of the molecule is CCN(CC)C(=O)c1ccc(S(=O)(=O)NCC(c2ccccc2OC)N2CCCC2)cc1. The minimum atomic E-state index is -3.73. The van der Waals surface area contributed by atoms with E-state index in [1.54, 1.807) is 24.1 Å². The van der Waals surface area contributed by atoms with Gasteiger partial charge < -0.3 is 9.64 Å². The Bertz CT molecular complexity index is 998. The second-order valence-electron chi connectivity index (χ2n) is 7.85. The molecule has 0 radical (unpaired) electrons. The Hall–Kier alpha value is -2.42. The van der Waals surface area contributed by atoms with Gasteiger partial charge in [-0.3, -0.25) is 9.69 Å². The van der Waals surface area contributed by atoms with Crippen molar-refractivity contribution in [2.75, 3.05) is 39.8 Å². The lowest BCUT2D eigenvalue weighted by Crippen LogP contribution is -2.37. The summed E-state index contributed by atoms with van der Waals surface area (Å²) in [6.07, 6.45) is 2.20. The van der Waals surface area contributed by atoms with Crippen LogP contribution >= 0.6 is 0 Å². The summed E-state index contributed by atoms with van der Waals surface area (Å²) in [5.41, 5.74) is 1.45. The molecule has 174 valence electrons. The number of likely N-dealkylation sites (tertiary alicyclic amines) is 1. The van der Waals surface area contributed by atoms with E-state index in [1.807, 2.05) is 38.1 Å². The molecule has 0 aliphatic carbocycles. The molecule has 1 saturated heterocycles. The first kappa shape index (κ1) is 24.2. The van der Waals surface area contributed by atoms with Gasteiger partial charge in [-0.2, -0.15) is 0 Å². The average molecular weight is 460 g/mol. The fourth-order valence-corrected chi connectivity index (χ4v) is 5.21. The molecule has 1 N–H and O–H groups in total. The van der Waals surface area contributed by atoms with Crippen LogP contribution in [0.15, 0.2) is 53.4 Å². The zero-order valence-electron chi connectivity index (χ0n) is 19.1. The molecule has 0 bridgehead atoms. The molecular formula is C24H33N3O4S. The molecule has 1 unspecified atom stereocenters. The lowest BCUT2D eigenvalue weighted by atomic mass is 10.0. The Morgan fingerprint density at radius 1 is 1.06 bits per heavy atom. The maximum atomic E-state index is 13.0. The molecule has 0 saturated carbocycles. The van der Waals surface area contributed by atoms with E-state index in [0.29, 0.717) is 18.7 Å². The first-order valence-electron chi connectivity index (χ1n) is 11.2. The van der Waals surface area contributed by atoms with E-state index in [2.05, 4.69) is 9.62 Å². The first-order chi connectivity index (χ1) is 15.4. The summed E-state index contributed by atoms with van der Waals surface area (Å²) in [7, 11) is -2.10. The third kappa shape index (κ3) is 5.49. The third-order valence-electron chi connectivity index (χ3n) is 6.01. The highest BCUT2D eigenvalue weighted by Gasteiger charge is 2.28. The lowest BCUT2D eigenvalue weighted by Gasteiger charge is -2.29. The van der Waals surface area contributed by atoms with Crippen molar-refractivity contribution in [2.24, 2.45) is 0 Å². The Kier molecular flexibility index (Phi) is 8.28. The number of sulfonamides is 1. The lowest BCUT2D eigenvalue weighted by molar-refractivity contribution is 0.0773. The van der Waals surface area contributed by atoms with Gasteiger partial charge in [0.2, 0.25) is 10.0 Å². The van der Waals surface area contributed by atoms with Crippen LogP contribution in [0.4, 0.5) is 0 Å². The van der Waals surface area contributed by atoms with Crippen LogP contribution in [0.3, 0.4) is 0 Å². The summed E-state index contributed by atoms with van der Waals surface area (Å²) >= 11 is 0. The van der Waals surface area contributed by atoms with Crippen LogP contribution < -0.4 is 9.46 Å². The van der Waals surface area contributed by atoms with Gasteiger partial charge >= 0.3 is 0 Å². The predicted octanol–water partition coefficient (Wildman–Crippen LogP) is 3.29. The molecule has 32 heavy (non-hydrogen) atoms. The smallest absolute Gasteiger partial charge is 0.253 e. The van der Waals surface area contributed by atoms with Crippen LogP contribution in [0.25, 0.3) is 0 Å². The molecule has 2 aromatic carbocycles. The number of nitrogens with zero attached hydrogens (tertiary/aromatic N) is 2. The molecular weight excluding hydrogens is 426 g/mol. The number of carbonyl (C=O) groups is 1. The topological polar surface area (TPSA) is 79.0 Å². The first-order valence-corrected chi connectivity index (χ1v) is 12.7. The van der Waals surface area contributed by atoms with Crippen molar-refractivity contribution in [2.45, 2.75) is 37.6 Å². The van der Waals surface area contributed by atoms with Crippen LogP contribution in [0, 0.1) is 0 Å². The highest BCUT2D eigenvalue weighted by Crippen LogP contribution is 2.31. The highest BCUT2D eigenvalue weighted by molar-refractivity contribution is 7.89. The van der Waals surface area contributed by atoms with Crippen LogP contribution in [-0.4, -0.2) is 64.0 Å². The van der Waals surface area contributed by atoms with E-state index in [1.165, 1.54) is 12.1 Å². The number of methoxy groups -OCH3 is 1. The summed E-state index contributed by atoms with van der Waals surface area (Å²) in [6, 6.07) is 13.8. The normalized spacial score (nSPS) is 15.5. The maximum absolute atomic E-state index is 13.0. The quantitative estimate of drug-likeness (QED) is 0.590. The largest absolute Gasteiger partial charge is 0.496 e. The number of para-hydroxylation sites is 1. The second-order valence-corrected chi connectivity index (χ2v) is 9.62. The molecule has 1 heterocycles. The molecule has 0 spiro atoms. The summed E-state index contributed by atoms with van der Waals surface area (Å²) in [4.78, 5) is 16.6. The molecule has 1 fully saturated rings. The van der Waals surface area contributed by atoms with Gasteiger partial charge in [-0.25, -0.2) is 13.1 Å². The van der Waals surface area contributed by atoms with E-state index >= 15 is 0 Å². The molecule has 1 aliphatic heterocycles. The Balaban J connectivity index is 1.77. The molecule has 3 rings (SSSR count). The van der Waals surface area contributed by atoms with E-state index in [9.17, 15) is 13.2 Å². The highest BCUT2D eigenvalue weighted by atomic mass is 32.2. The summed E-state index contributed by atoms with van der Waals surface area (Å²) in [6.45, 7) is 7.14. The minimum Gasteiger partial charge on any atom is -0.496 e. The standard InChI is InChI=1S/C24H33N3O4S/c1-4-26(5-2)24(28)19-12-14-20(15-13-19)32(29,30)25-18-22(27-16-8-9-17-27)21-10-6-7-11-23(21)31-3/h6-7,10-15,22,25H,4-5,8-9,16-18H2,1-3H3. The Morgan fingerprint density at radius 3 is 2.28 bits per heavy atom. The van der Waals surface area contributed by atoms with Gasteiger partial charge in [0, 0.05) is 30.8 Å². The summed E-state index contributed by atoms with van der Waals surface area (Å²) < 4.78 is 34.3. The number of nitrogens with one attached hydrogen (secondary N) is 1. The monoisotopic (exact) mass is 459 g/mol. The van der Waals surface area contributed by atoms with Crippen molar-refractivity contribution in [3.05, 3.63) is 59.7 Å². The number of amides is 1. The van der Waals surface area contributed by atoms with E-state index in [-0.39, 0.29) is 23.4 Å². The van der Waals surface area contributed by atoms with Crippen molar-refractivity contribution in [3.8, 4) is 5.75 Å². The fraction of sp³-hybridized carbons (Fsp3) is 0.458. The van der Waals surface area contributed by atoms with Crippen molar-refractivity contribution < 1.29 is 17.9 Å². The molecule has 0 aromatic heterocycles. The van der Waals surface area contributed by atoms with E-state index in [0.717, 1.165) is 37.2 Å². The average Bonchev–Trinajstić information content (AvgIpc) is 3.35. The molecule has 1 amide bonds. The van der Waals surface area contributed by atoms with E-state index in [4.69, 9.17) is 4.74 Å². The van der Waals surface area contributed by atoms with Gasteiger partial charge in [0.25, 0.3) is 5.91 Å². The van der Waals surface area contributed by atoms with Gasteiger partial charge in [0.1, 0.15) is 5.75 Å².